The van der Waals surface area contributed by atoms with Crippen LogP contribution in [0.5, 0.6) is 0 Å². The van der Waals surface area contributed by atoms with Crippen molar-refractivity contribution in [2.24, 2.45) is 11.0 Å². The van der Waals surface area contributed by atoms with Gasteiger partial charge >= 0.3 is 0 Å². The predicted octanol–water partition coefficient (Wildman–Crippen LogP) is 0.823. The van der Waals surface area contributed by atoms with E-state index in [4.69, 9.17) is 5.53 Å². The lowest BCUT2D eigenvalue weighted by Crippen LogP contribution is -2.34. The average Bonchev–Trinajstić information content (AvgIpc) is 2.01. The highest BCUT2D eigenvalue weighted by Gasteiger charge is 2.17. The van der Waals surface area contributed by atoms with Gasteiger partial charge in [-0.3, -0.25) is 4.79 Å². The molecule has 0 radical (unpaired) electrons. The largest absolute Gasteiger partial charge is 0.356 e. The maximum absolute atomic E-state index is 10.8. The molecular formula is C6H10N4O. The maximum Gasteiger partial charge on any atom is 0.220 e. The molecule has 1 heterocycles. The maximum atomic E-state index is 10.8. The highest BCUT2D eigenvalue weighted by Crippen LogP contribution is 2.12. The number of carbonyl (C=O) groups is 1. The third-order valence-electron chi connectivity index (χ3n) is 1.75. The molecule has 1 amide bonds. The molecule has 1 fully saturated rings. The molecule has 5 heteroatoms. The summed E-state index contributed by atoms with van der Waals surface area (Å²) in [6, 6.07) is 0. The Morgan fingerprint density at radius 1 is 1.82 bits per heavy atom. The first-order chi connectivity index (χ1) is 5.33. The van der Waals surface area contributed by atoms with Gasteiger partial charge in [-0.25, -0.2) is 0 Å². The van der Waals surface area contributed by atoms with E-state index in [1.54, 1.807) is 0 Å². The average molecular weight is 154 g/mol. The standard InChI is InChI=1S/C6H10N4O/c7-10-9-4-5-1-2-8-6(11)3-5/h5H,1-4H2,(H,8,11). The molecule has 11 heavy (non-hydrogen) atoms. The minimum Gasteiger partial charge on any atom is -0.356 e. The van der Waals surface area contributed by atoms with Crippen LogP contribution in [0.1, 0.15) is 12.8 Å². The Hall–Kier alpha value is -1.22. The molecule has 1 aliphatic rings. The minimum atomic E-state index is 0.0642. The quantitative estimate of drug-likeness (QED) is 0.356. The van der Waals surface area contributed by atoms with Crippen LogP contribution in [0.4, 0.5) is 0 Å². The summed E-state index contributed by atoms with van der Waals surface area (Å²) < 4.78 is 0. The highest BCUT2D eigenvalue weighted by atomic mass is 16.1. The van der Waals surface area contributed by atoms with Crippen LogP contribution >= 0.6 is 0 Å². The Bertz CT molecular complexity index is 195. The molecule has 1 aliphatic heterocycles. The molecule has 0 spiro atoms. The number of hydrogen-bond donors (Lipinski definition) is 1. The monoisotopic (exact) mass is 154 g/mol. The van der Waals surface area contributed by atoms with Crippen molar-refractivity contribution >= 4 is 5.91 Å². The van der Waals surface area contributed by atoms with E-state index < -0.39 is 0 Å². The first-order valence-electron chi connectivity index (χ1n) is 3.60. The number of azide groups is 1. The summed E-state index contributed by atoms with van der Waals surface area (Å²) in [5.74, 6) is 0.314. The summed E-state index contributed by atoms with van der Waals surface area (Å²) in [6.45, 7) is 1.16. The molecule has 60 valence electrons. The topological polar surface area (TPSA) is 77.9 Å². The van der Waals surface area contributed by atoms with Crippen LogP contribution in [0.15, 0.2) is 5.11 Å². The van der Waals surface area contributed by atoms with Gasteiger partial charge in [0.15, 0.2) is 0 Å². The number of nitrogens with zero attached hydrogens (tertiary/aromatic N) is 3. The van der Waals surface area contributed by atoms with Crippen molar-refractivity contribution in [1.29, 1.82) is 0 Å². The van der Waals surface area contributed by atoms with Crippen LogP contribution in [0, 0.1) is 5.92 Å². The van der Waals surface area contributed by atoms with E-state index in [2.05, 4.69) is 15.3 Å². The molecule has 0 aliphatic carbocycles. The van der Waals surface area contributed by atoms with Crippen molar-refractivity contribution < 1.29 is 4.79 Å². The van der Waals surface area contributed by atoms with Gasteiger partial charge in [0.1, 0.15) is 0 Å². The van der Waals surface area contributed by atoms with E-state index >= 15 is 0 Å². The first-order valence-corrected chi connectivity index (χ1v) is 3.60. The van der Waals surface area contributed by atoms with Crippen LogP contribution in [-0.2, 0) is 4.79 Å². The van der Waals surface area contributed by atoms with Crippen molar-refractivity contribution in [2.75, 3.05) is 13.1 Å². The number of nitrogens with one attached hydrogen (secondary N) is 1. The first kappa shape index (κ1) is 7.88. The number of rotatable bonds is 2. The van der Waals surface area contributed by atoms with Gasteiger partial charge in [-0.1, -0.05) is 5.11 Å². The van der Waals surface area contributed by atoms with Gasteiger partial charge in [-0.15, -0.1) is 0 Å². The van der Waals surface area contributed by atoms with E-state index in [0.29, 0.717) is 19.5 Å². The molecule has 1 N–H and O–H groups in total. The van der Waals surface area contributed by atoms with Crippen LogP contribution < -0.4 is 5.32 Å². The van der Waals surface area contributed by atoms with E-state index in [-0.39, 0.29) is 11.8 Å². The summed E-state index contributed by atoms with van der Waals surface area (Å²) in [7, 11) is 0. The van der Waals surface area contributed by atoms with E-state index in [0.717, 1.165) is 6.42 Å². The van der Waals surface area contributed by atoms with Crippen LogP contribution in [0.2, 0.25) is 0 Å². The molecule has 0 bridgehead atoms. The Morgan fingerprint density at radius 2 is 2.64 bits per heavy atom. The number of hydrogen-bond acceptors (Lipinski definition) is 2. The van der Waals surface area contributed by atoms with Crippen LogP contribution in [-0.4, -0.2) is 19.0 Å². The second-order valence-corrected chi connectivity index (χ2v) is 2.62. The zero-order chi connectivity index (χ0) is 8.10. The Morgan fingerprint density at radius 3 is 3.27 bits per heavy atom. The third kappa shape index (κ3) is 2.47. The molecule has 0 aromatic rings. The van der Waals surface area contributed by atoms with Gasteiger partial charge < -0.3 is 5.32 Å². The lowest BCUT2D eigenvalue weighted by Gasteiger charge is -2.19. The fraction of sp³-hybridized carbons (Fsp3) is 0.833. The normalized spacial score (nSPS) is 23.6. The molecule has 0 saturated carbocycles. The van der Waals surface area contributed by atoms with Gasteiger partial charge in [0.05, 0.1) is 0 Å². The summed E-state index contributed by atoms with van der Waals surface area (Å²) in [4.78, 5) is 13.4. The van der Waals surface area contributed by atoms with Crippen LogP contribution in [0.3, 0.4) is 0 Å². The lowest BCUT2D eigenvalue weighted by atomic mass is 9.98. The van der Waals surface area contributed by atoms with Crippen molar-refractivity contribution in [3.05, 3.63) is 10.4 Å². The van der Waals surface area contributed by atoms with Crippen LogP contribution in [0.25, 0.3) is 10.4 Å². The molecule has 5 nitrogen and oxygen atoms in total. The summed E-state index contributed by atoms with van der Waals surface area (Å²) in [5.41, 5.74) is 8.02. The van der Waals surface area contributed by atoms with Crippen molar-refractivity contribution in [2.45, 2.75) is 12.8 Å². The molecule has 0 aromatic heterocycles. The molecule has 0 aromatic carbocycles. The zero-order valence-corrected chi connectivity index (χ0v) is 6.16. The molecule has 1 saturated heterocycles. The van der Waals surface area contributed by atoms with Gasteiger partial charge in [0.2, 0.25) is 5.91 Å². The number of amides is 1. The fourth-order valence-corrected chi connectivity index (χ4v) is 1.16. The lowest BCUT2D eigenvalue weighted by molar-refractivity contribution is -0.123. The Labute approximate surface area is 64.4 Å². The van der Waals surface area contributed by atoms with Gasteiger partial charge in [0.25, 0.3) is 0 Å². The highest BCUT2D eigenvalue weighted by molar-refractivity contribution is 5.76. The summed E-state index contributed by atoms with van der Waals surface area (Å²) >= 11 is 0. The smallest absolute Gasteiger partial charge is 0.220 e. The second-order valence-electron chi connectivity index (χ2n) is 2.62. The second kappa shape index (κ2) is 3.83. The molecule has 1 atom stereocenters. The predicted molar refractivity (Wildman–Crippen MR) is 39.7 cm³/mol. The molecule has 1 unspecified atom stereocenters. The van der Waals surface area contributed by atoms with Gasteiger partial charge in [0, 0.05) is 24.4 Å². The number of carbonyl (C=O) groups excluding carboxylic acids is 1. The van der Waals surface area contributed by atoms with E-state index in [1.807, 2.05) is 0 Å². The number of piperidine rings is 1. The zero-order valence-electron chi connectivity index (χ0n) is 6.16. The SMILES string of the molecule is [N-]=[N+]=NCC1CCNC(=O)C1. The van der Waals surface area contributed by atoms with Crippen molar-refractivity contribution in [3.8, 4) is 0 Å². The Balaban J connectivity index is 2.33. The third-order valence-corrected chi connectivity index (χ3v) is 1.75. The molecule has 1 rings (SSSR count). The van der Waals surface area contributed by atoms with Crippen molar-refractivity contribution in [1.82, 2.24) is 5.32 Å². The fourth-order valence-electron chi connectivity index (χ4n) is 1.16. The minimum absolute atomic E-state index is 0.0642. The van der Waals surface area contributed by atoms with E-state index in [1.165, 1.54) is 0 Å². The van der Waals surface area contributed by atoms with E-state index in [9.17, 15) is 4.79 Å². The van der Waals surface area contributed by atoms with Crippen molar-refractivity contribution in [3.63, 3.8) is 0 Å². The van der Waals surface area contributed by atoms with Gasteiger partial charge in [-0.2, -0.15) is 0 Å². The summed E-state index contributed by atoms with van der Waals surface area (Å²) in [5, 5.41) is 6.15. The molecular weight excluding hydrogens is 144 g/mol. The summed E-state index contributed by atoms with van der Waals surface area (Å²) in [6.07, 6.45) is 1.42. The van der Waals surface area contributed by atoms with Gasteiger partial charge in [-0.05, 0) is 17.9 Å². The Kier molecular flexibility index (Phi) is 2.74.